The van der Waals surface area contributed by atoms with Crippen LogP contribution in [0.2, 0.25) is 0 Å². The highest BCUT2D eigenvalue weighted by Gasteiger charge is 1.95. The third-order valence-corrected chi connectivity index (χ3v) is 5.54. The third kappa shape index (κ3) is 24.1. The van der Waals surface area contributed by atoms with E-state index in [1.54, 1.807) is 0 Å². The maximum Gasteiger partial charge on any atom is -0.000278 e. The molecule has 25 heavy (non-hydrogen) atoms. The lowest BCUT2D eigenvalue weighted by Crippen LogP contribution is -2.26. The van der Waals surface area contributed by atoms with Crippen LogP contribution in [0.5, 0.6) is 0 Å². The molecule has 0 aliphatic rings. The summed E-state index contributed by atoms with van der Waals surface area (Å²) in [6, 6.07) is 0. The standard InChI is InChI=1S/C20H44NO3P/c1-2-3-4-5-6-7-8-9-10-11-12-13-14-15-16-17-18-21-19-20-25(22,23)24/h21H,2-20H2,1H3,(H2,22,23,24)/p-2. The number of hydrogen-bond acceptors (Lipinski definition) is 4. The van der Waals surface area contributed by atoms with Crippen molar-refractivity contribution in [1.29, 1.82) is 0 Å². The lowest BCUT2D eigenvalue weighted by atomic mass is 10.0. The van der Waals surface area contributed by atoms with Crippen LogP contribution in [0, 0.1) is 0 Å². The fraction of sp³-hybridized carbons (Fsp3) is 1.00. The molecule has 4 nitrogen and oxygen atoms in total. The van der Waals surface area contributed by atoms with E-state index in [0.29, 0.717) is 6.54 Å². The van der Waals surface area contributed by atoms with E-state index in [4.69, 9.17) is 0 Å². The minimum atomic E-state index is -4.32. The van der Waals surface area contributed by atoms with Crippen molar-refractivity contribution in [3.05, 3.63) is 0 Å². The second-order valence-electron chi connectivity index (χ2n) is 7.39. The summed E-state index contributed by atoms with van der Waals surface area (Å²) in [5.41, 5.74) is 0. The zero-order valence-electron chi connectivity index (χ0n) is 16.6. The molecule has 0 aliphatic carbocycles. The van der Waals surface area contributed by atoms with E-state index >= 15 is 0 Å². The van der Waals surface area contributed by atoms with Gasteiger partial charge in [-0.15, -0.1) is 0 Å². The molecule has 0 heterocycles. The topological polar surface area (TPSA) is 75.2 Å². The van der Waals surface area contributed by atoms with Gasteiger partial charge in [-0.2, -0.15) is 0 Å². The fourth-order valence-corrected chi connectivity index (χ4v) is 3.57. The van der Waals surface area contributed by atoms with Crippen LogP contribution in [0.3, 0.4) is 0 Å². The third-order valence-electron chi connectivity index (χ3n) is 4.77. The Labute approximate surface area is 156 Å². The first kappa shape index (κ1) is 25.1. The van der Waals surface area contributed by atoms with Crippen molar-refractivity contribution in [2.45, 2.75) is 110 Å². The van der Waals surface area contributed by atoms with Crippen LogP contribution >= 0.6 is 7.60 Å². The summed E-state index contributed by atoms with van der Waals surface area (Å²) in [6.07, 6.45) is 21.4. The Balaban J connectivity index is 3.02. The molecule has 0 radical (unpaired) electrons. The molecule has 0 rings (SSSR count). The van der Waals surface area contributed by atoms with E-state index in [2.05, 4.69) is 12.2 Å². The van der Waals surface area contributed by atoms with Crippen molar-refractivity contribution in [3.8, 4) is 0 Å². The fourth-order valence-electron chi connectivity index (χ4n) is 3.14. The average Bonchev–Trinajstić information content (AvgIpc) is 2.56. The van der Waals surface area contributed by atoms with Crippen molar-refractivity contribution in [3.63, 3.8) is 0 Å². The van der Waals surface area contributed by atoms with Gasteiger partial charge in [0.25, 0.3) is 0 Å². The molecule has 0 aromatic carbocycles. The summed E-state index contributed by atoms with van der Waals surface area (Å²) in [5.74, 6) is 0. The van der Waals surface area contributed by atoms with Gasteiger partial charge in [-0.1, -0.05) is 111 Å². The van der Waals surface area contributed by atoms with Gasteiger partial charge in [-0.3, -0.25) is 0 Å². The van der Waals surface area contributed by atoms with Crippen LogP contribution in [0.1, 0.15) is 110 Å². The Morgan fingerprint density at radius 2 is 0.960 bits per heavy atom. The molecule has 0 amide bonds. The van der Waals surface area contributed by atoms with Gasteiger partial charge in [-0.25, -0.2) is 0 Å². The normalized spacial score (nSPS) is 12.0. The molecular weight excluding hydrogens is 333 g/mol. The van der Waals surface area contributed by atoms with Crippen LogP contribution in [0.15, 0.2) is 0 Å². The maximum absolute atomic E-state index is 10.4. The smallest absolute Gasteiger partial charge is 0.000278 e. The molecule has 0 spiro atoms. The molecule has 0 aromatic rings. The summed E-state index contributed by atoms with van der Waals surface area (Å²) >= 11 is 0. The lowest BCUT2D eigenvalue weighted by Gasteiger charge is -2.29. The van der Waals surface area contributed by atoms with Gasteiger partial charge in [0, 0.05) is 0 Å². The quantitative estimate of drug-likeness (QED) is 0.246. The van der Waals surface area contributed by atoms with Gasteiger partial charge in [0.2, 0.25) is 0 Å². The molecule has 0 bridgehead atoms. The van der Waals surface area contributed by atoms with Crippen LogP contribution in [-0.2, 0) is 4.57 Å². The minimum absolute atomic E-state index is 0.272. The Bertz CT molecular complexity index is 307. The largest absolute Gasteiger partial charge is 0.811 e. The van der Waals surface area contributed by atoms with Gasteiger partial charge in [-0.05, 0) is 25.7 Å². The van der Waals surface area contributed by atoms with Crippen molar-refractivity contribution in [1.82, 2.24) is 5.32 Å². The average molecular weight is 376 g/mol. The Morgan fingerprint density at radius 3 is 1.32 bits per heavy atom. The predicted octanol–water partition coefficient (Wildman–Crippen LogP) is 4.75. The van der Waals surface area contributed by atoms with Crippen molar-refractivity contribution < 1.29 is 14.4 Å². The summed E-state index contributed by atoms with van der Waals surface area (Å²) in [6.45, 7) is 3.38. The van der Waals surface area contributed by atoms with Crippen LogP contribution in [0.25, 0.3) is 0 Å². The number of rotatable bonds is 20. The van der Waals surface area contributed by atoms with Crippen molar-refractivity contribution in [2.75, 3.05) is 19.3 Å². The summed E-state index contributed by atoms with van der Waals surface area (Å²) in [4.78, 5) is 20.9. The number of hydrogen-bond donors (Lipinski definition) is 1. The second kappa shape index (κ2) is 18.9. The first-order chi connectivity index (χ1) is 12.1. The molecule has 0 fully saturated rings. The highest BCUT2D eigenvalue weighted by Crippen LogP contribution is 2.20. The van der Waals surface area contributed by atoms with E-state index < -0.39 is 7.60 Å². The molecule has 0 aliphatic heterocycles. The summed E-state index contributed by atoms with van der Waals surface area (Å²) in [7, 11) is -4.32. The Kier molecular flexibility index (Phi) is 19.0. The monoisotopic (exact) mass is 375 g/mol. The number of nitrogens with one attached hydrogen (secondary N) is 1. The van der Waals surface area contributed by atoms with Crippen LogP contribution in [-0.4, -0.2) is 19.3 Å². The summed E-state index contributed by atoms with van der Waals surface area (Å²) in [5, 5.41) is 3.02. The van der Waals surface area contributed by atoms with E-state index in [1.165, 1.54) is 96.3 Å². The summed E-state index contributed by atoms with van der Waals surface area (Å²) < 4.78 is 10.4. The first-order valence-electron chi connectivity index (χ1n) is 10.8. The Morgan fingerprint density at radius 1 is 0.600 bits per heavy atom. The maximum atomic E-state index is 10.4. The lowest BCUT2D eigenvalue weighted by molar-refractivity contribution is -0.313. The molecule has 0 unspecified atom stereocenters. The molecule has 0 saturated heterocycles. The van der Waals surface area contributed by atoms with E-state index in [1.807, 2.05) is 0 Å². The van der Waals surface area contributed by atoms with Crippen LogP contribution < -0.4 is 15.1 Å². The van der Waals surface area contributed by atoms with E-state index in [0.717, 1.165) is 13.0 Å². The van der Waals surface area contributed by atoms with Gasteiger partial charge < -0.3 is 19.7 Å². The first-order valence-corrected chi connectivity index (χ1v) is 12.5. The van der Waals surface area contributed by atoms with Gasteiger partial charge in [0.15, 0.2) is 0 Å². The van der Waals surface area contributed by atoms with Gasteiger partial charge in [0.05, 0.1) is 0 Å². The van der Waals surface area contributed by atoms with Crippen molar-refractivity contribution >= 4 is 7.60 Å². The molecule has 0 aromatic heterocycles. The minimum Gasteiger partial charge on any atom is -0.811 e. The molecule has 5 heteroatoms. The van der Waals surface area contributed by atoms with Crippen LogP contribution in [0.4, 0.5) is 0 Å². The number of unbranched alkanes of at least 4 members (excludes halogenated alkanes) is 15. The zero-order valence-corrected chi connectivity index (χ0v) is 17.5. The van der Waals surface area contributed by atoms with Crippen molar-refractivity contribution in [2.24, 2.45) is 0 Å². The molecule has 152 valence electrons. The molecular formula is C20H42NO3P-2. The molecule has 1 N–H and O–H groups in total. The molecule has 0 atom stereocenters. The van der Waals surface area contributed by atoms with Gasteiger partial charge in [0.1, 0.15) is 0 Å². The predicted molar refractivity (Wildman–Crippen MR) is 105 cm³/mol. The van der Waals surface area contributed by atoms with E-state index in [9.17, 15) is 14.4 Å². The van der Waals surface area contributed by atoms with E-state index in [-0.39, 0.29) is 6.16 Å². The Hall–Kier alpha value is 0.110. The molecule has 0 saturated carbocycles. The second-order valence-corrected chi connectivity index (χ2v) is 9.06. The zero-order chi connectivity index (χ0) is 18.6. The highest BCUT2D eigenvalue weighted by molar-refractivity contribution is 7.48. The van der Waals surface area contributed by atoms with Gasteiger partial charge >= 0.3 is 0 Å². The SMILES string of the molecule is CCCCCCCCCCCCCCCCCCNCCP(=O)([O-])[O-]. The highest BCUT2D eigenvalue weighted by atomic mass is 31.2.